The zero-order chi connectivity index (χ0) is 23.9. The van der Waals surface area contributed by atoms with E-state index in [-0.39, 0.29) is 5.76 Å². The maximum atomic E-state index is 12.5. The van der Waals surface area contributed by atoms with Gasteiger partial charge in [-0.05, 0) is 58.2 Å². The molecule has 1 N–H and O–H groups in total. The molecule has 0 aliphatic heterocycles. The number of fused-ring (bicyclic) bond motifs is 1. The Kier molecular flexibility index (Phi) is 7.49. The third kappa shape index (κ3) is 5.40. The second-order valence-electron chi connectivity index (χ2n) is 7.23. The normalized spacial score (nSPS) is 11.0. The number of hydrogen-bond acceptors (Lipinski definition) is 6. The Morgan fingerprint density at radius 3 is 2.65 bits per heavy atom. The zero-order valence-corrected chi connectivity index (χ0v) is 20.3. The fourth-order valence-electron chi connectivity index (χ4n) is 3.32. The van der Waals surface area contributed by atoms with Crippen molar-refractivity contribution in [2.24, 2.45) is 5.10 Å². The van der Waals surface area contributed by atoms with Gasteiger partial charge >= 0.3 is 5.91 Å². The summed E-state index contributed by atoms with van der Waals surface area (Å²) in [6.07, 6.45) is 1.52. The lowest BCUT2D eigenvalue weighted by Crippen LogP contribution is -2.16. The highest BCUT2D eigenvalue weighted by molar-refractivity contribution is 9.10. The quantitative estimate of drug-likeness (QED) is 0.217. The second-order valence-corrected chi connectivity index (χ2v) is 8.08. The van der Waals surface area contributed by atoms with E-state index in [9.17, 15) is 4.79 Å². The summed E-state index contributed by atoms with van der Waals surface area (Å²) in [5, 5.41) is 4.83. The number of rotatable bonds is 9. The average Bonchev–Trinajstić information content (AvgIpc) is 3.29. The summed E-state index contributed by atoms with van der Waals surface area (Å²) >= 11 is 3.55. The molecule has 0 unspecified atom stereocenters. The second kappa shape index (κ2) is 10.9. The van der Waals surface area contributed by atoms with Gasteiger partial charge in [0.25, 0.3) is 0 Å². The number of ether oxygens (including phenoxy) is 3. The Bertz CT molecular complexity index is 1320. The first-order chi connectivity index (χ1) is 16.6. The van der Waals surface area contributed by atoms with Crippen molar-refractivity contribution in [1.29, 1.82) is 0 Å². The van der Waals surface area contributed by atoms with Gasteiger partial charge in [0.05, 0.1) is 24.4 Å². The van der Waals surface area contributed by atoms with Crippen LogP contribution in [0.15, 0.2) is 80.7 Å². The lowest BCUT2D eigenvalue weighted by atomic mass is 10.2. The minimum absolute atomic E-state index is 0.137. The van der Waals surface area contributed by atoms with Gasteiger partial charge < -0.3 is 18.6 Å². The minimum atomic E-state index is -0.471. The summed E-state index contributed by atoms with van der Waals surface area (Å²) in [4.78, 5) is 12.5. The smallest absolute Gasteiger partial charge is 0.307 e. The third-order valence-corrected chi connectivity index (χ3v) is 5.48. The Balaban J connectivity index is 1.47. The number of amides is 1. The third-order valence-electron chi connectivity index (χ3n) is 4.89. The molecule has 0 fully saturated rings. The first-order valence-corrected chi connectivity index (χ1v) is 11.4. The van der Waals surface area contributed by atoms with Crippen LogP contribution in [-0.4, -0.2) is 25.8 Å². The van der Waals surface area contributed by atoms with Crippen LogP contribution in [-0.2, 0) is 6.61 Å². The van der Waals surface area contributed by atoms with Gasteiger partial charge in [0.1, 0.15) is 6.61 Å². The standard InChI is InChI=1S/C26H23BrN2O5/c1-3-32-22-13-18(12-20(27)25(22)33-16-17-8-5-4-6-9-17)15-28-29-26(30)23-14-19-10-7-11-21(31-2)24(19)34-23/h4-15H,3,16H2,1-2H3,(H,29,30)/b28-15-. The lowest BCUT2D eigenvalue weighted by Gasteiger charge is -2.14. The van der Waals surface area contributed by atoms with E-state index in [4.69, 9.17) is 18.6 Å². The summed E-state index contributed by atoms with van der Waals surface area (Å²) in [7, 11) is 1.55. The topological polar surface area (TPSA) is 82.3 Å². The summed E-state index contributed by atoms with van der Waals surface area (Å²) in [5.74, 6) is 1.40. The largest absolute Gasteiger partial charge is 0.493 e. The molecule has 1 heterocycles. The zero-order valence-electron chi connectivity index (χ0n) is 18.7. The van der Waals surface area contributed by atoms with Crippen LogP contribution in [0.2, 0.25) is 0 Å². The Morgan fingerprint density at radius 2 is 1.88 bits per heavy atom. The molecule has 174 valence electrons. The van der Waals surface area contributed by atoms with Gasteiger partial charge in [-0.3, -0.25) is 4.79 Å². The van der Waals surface area contributed by atoms with Crippen molar-refractivity contribution in [1.82, 2.24) is 5.43 Å². The molecule has 8 heteroatoms. The molecule has 0 saturated carbocycles. The molecule has 0 aliphatic carbocycles. The predicted octanol–water partition coefficient (Wildman–Crippen LogP) is 5.95. The molecule has 1 amide bonds. The van der Waals surface area contributed by atoms with Gasteiger partial charge in [0.15, 0.2) is 28.6 Å². The SMILES string of the molecule is CCOc1cc(/C=N\NC(=O)c2cc3cccc(OC)c3o2)cc(Br)c1OCc1ccccc1. The molecule has 0 bridgehead atoms. The van der Waals surface area contributed by atoms with Crippen molar-refractivity contribution in [3.63, 3.8) is 0 Å². The van der Waals surface area contributed by atoms with Crippen LogP contribution in [0.3, 0.4) is 0 Å². The van der Waals surface area contributed by atoms with E-state index >= 15 is 0 Å². The van der Waals surface area contributed by atoms with Crippen molar-refractivity contribution in [2.45, 2.75) is 13.5 Å². The Hall–Kier alpha value is -3.78. The molecule has 1 aromatic heterocycles. The highest BCUT2D eigenvalue weighted by Crippen LogP contribution is 2.37. The number of methoxy groups -OCH3 is 1. The van der Waals surface area contributed by atoms with Crippen LogP contribution < -0.4 is 19.6 Å². The number of halogens is 1. The number of carbonyl (C=O) groups excluding carboxylic acids is 1. The lowest BCUT2D eigenvalue weighted by molar-refractivity contribution is 0.0929. The van der Waals surface area contributed by atoms with E-state index in [2.05, 4.69) is 26.5 Å². The molecule has 34 heavy (non-hydrogen) atoms. The maximum absolute atomic E-state index is 12.5. The highest BCUT2D eigenvalue weighted by atomic mass is 79.9. The number of carbonyl (C=O) groups is 1. The number of nitrogens with one attached hydrogen (secondary N) is 1. The molecule has 0 aliphatic rings. The van der Waals surface area contributed by atoms with Gasteiger partial charge in [-0.2, -0.15) is 5.10 Å². The molecule has 3 aromatic carbocycles. The first-order valence-electron chi connectivity index (χ1n) is 10.6. The fraction of sp³-hybridized carbons (Fsp3) is 0.154. The molecular formula is C26H23BrN2O5. The van der Waals surface area contributed by atoms with Crippen molar-refractivity contribution in [3.05, 3.63) is 88.1 Å². The summed E-state index contributed by atoms with van der Waals surface area (Å²) in [6.45, 7) is 2.78. The van der Waals surface area contributed by atoms with Crippen LogP contribution in [0.4, 0.5) is 0 Å². The van der Waals surface area contributed by atoms with E-state index in [1.807, 2.05) is 55.5 Å². The molecule has 4 aromatic rings. The van der Waals surface area contributed by atoms with Crippen LogP contribution >= 0.6 is 15.9 Å². The van der Waals surface area contributed by atoms with E-state index < -0.39 is 5.91 Å². The summed E-state index contributed by atoms with van der Waals surface area (Å²) in [6, 6.07) is 20.6. The minimum Gasteiger partial charge on any atom is -0.493 e. The van der Waals surface area contributed by atoms with E-state index in [1.165, 1.54) is 6.21 Å². The van der Waals surface area contributed by atoms with E-state index in [1.54, 1.807) is 25.3 Å². The highest BCUT2D eigenvalue weighted by Gasteiger charge is 2.15. The van der Waals surface area contributed by atoms with Crippen LogP contribution in [0.5, 0.6) is 17.2 Å². The summed E-state index contributed by atoms with van der Waals surface area (Å²) in [5.41, 5.74) is 4.76. The first kappa shape index (κ1) is 23.4. The maximum Gasteiger partial charge on any atom is 0.307 e. The number of hydrazone groups is 1. The number of nitrogens with zero attached hydrogens (tertiary/aromatic N) is 1. The average molecular weight is 523 g/mol. The molecule has 4 rings (SSSR count). The van der Waals surface area contributed by atoms with Crippen LogP contribution in [0, 0.1) is 0 Å². The fourth-order valence-corrected chi connectivity index (χ4v) is 3.90. The summed E-state index contributed by atoms with van der Waals surface area (Å²) < 4.78 is 23.4. The number of hydrogen-bond donors (Lipinski definition) is 1. The molecule has 0 saturated heterocycles. The number of furan rings is 1. The van der Waals surface area contributed by atoms with Crippen LogP contribution in [0.1, 0.15) is 28.6 Å². The molecular weight excluding hydrogens is 500 g/mol. The van der Waals surface area contributed by atoms with Gasteiger partial charge in [-0.25, -0.2) is 5.43 Å². The molecule has 0 spiro atoms. The van der Waals surface area contributed by atoms with Crippen molar-refractivity contribution in [3.8, 4) is 17.2 Å². The van der Waals surface area contributed by atoms with Gasteiger partial charge in [0, 0.05) is 5.39 Å². The monoisotopic (exact) mass is 522 g/mol. The van der Waals surface area contributed by atoms with Crippen molar-refractivity contribution >= 4 is 39.0 Å². The van der Waals surface area contributed by atoms with Crippen molar-refractivity contribution < 1.29 is 23.4 Å². The van der Waals surface area contributed by atoms with Crippen molar-refractivity contribution in [2.75, 3.05) is 13.7 Å². The number of para-hydroxylation sites is 1. The van der Waals surface area contributed by atoms with Gasteiger partial charge in [-0.15, -0.1) is 0 Å². The van der Waals surface area contributed by atoms with Gasteiger partial charge in [-0.1, -0.05) is 42.5 Å². The van der Waals surface area contributed by atoms with Gasteiger partial charge in [0.2, 0.25) is 0 Å². The van der Waals surface area contributed by atoms with E-state index in [0.29, 0.717) is 46.1 Å². The number of benzene rings is 3. The Labute approximate surface area is 205 Å². The Morgan fingerprint density at radius 1 is 1.06 bits per heavy atom. The predicted molar refractivity (Wildman–Crippen MR) is 134 cm³/mol. The molecule has 0 atom stereocenters. The molecule has 7 nitrogen and oxygen atoms in total. The van der Waals surface area contributed by atoms with Crippen LogP contribution in [0.25, 0.3) is 11.0 Å². The van der Waals surface area contributed by atoms with E-state index in [0.717, 1.165) is 10.9 Å². The molecule has 0 radical (unpaired) electrons.